The second-order valence-electron chi connectivity index (χ2n) is 7.85. The Kier molecular flexibility index (Phi) is 5.38. The van der Waals surface area contributed by atoms with Crippen LogP contribution in [0.2, 0.25) is 5.02 Å². The summed E-state index contributed by atoms with van der Waals surface area (Å²) in [7, 11) is 3.89. The summed E-state index contributed by atoms with van der Waals surface area (Å²) in [6, 6.07) is 8.58. The molecule has 1 aliphatic rings. The first-order chi connectivity index (χ1) is 14.3. The number of benzene rings is 2. The van der Waals surface area contributed by atoms with Crippen molar-refractivity contribution in [3.05, 3.63) is 79.9 Å². The lowest BCUT2D eigenvalue weighted by molar-refractivity contribution is 0.0720. The summed E-state index contributed by atoms with van der Waals surface area (Å²) in [6.45, 7) is 2.92. The second kappa shape index (κ2) is 7.85. The van der Waals surface area contributed by atoms with Crippen LogP contribution < -0.4 is 5.43 Å². The third kappa shape index (κ3) is 3.40. The average molecular weight is 429 g/mol. The topological polar surface area (TPSA) is 53.8 Å². The maximum absolute atomic E-state index is 14.7. The number of nitrogens with zero attached hydrogens (tertiary/aromatic N) is 2. The molecule has 2 aromatic carbocycles. The SMILES string of the molecule is Cc1cc2oc3c(c(=O)c2cc1Cl)[C@H](c1ccccc1F)N(CCCN(C)C)C3=O. The van der Waals surface area contributed by atoms with E-state index in [4.69, 9.17) is 16.0 Å². The highest BCUT2D eigenvalue weighted by molar-refractivity contribution is 6.32. The lowest BCUT2D eigenvalue weighted by atomic mass is 9.97. The Morgan fingerprint density at radius 1 is 1.20 bits per heavy atom. The first kappa shape index (κ1) is 20.6. The highest BCUT2D eigenvalue weighted by Gasteiger charge is 2.43. The number of fused-ring (bicyclic) bond motifs is 2. The van der Waals surface area contributed by atoms with Crippen molar-refractivity contribution in [2.45, 2.75) is 19.4 Å². The van der Waals surface area contributed by atoms with Gasteiger partial charge in [0.15, 0.2) is 5.43 Å². The van der Waals surface area contributed by atoms with Crippen molar-refractivity contribution in [3.8, 4) is 0 Å². The zero-order valence-corrected chi connectivity index (χ0v) is 17.8. The van der Waals surface area contributed by atoms with Gasteiger partial charge in [-0.05, 0) is 57.7 Å². The molecule has 0 unspecified atom stereocenters. The molecular formula is C23H22ClFN2O3. The van der Waals surface area contributed by atoms with Crippen LogP contribution in [0.15, 0.2) is 45.6 Å². The standard InChI is InChI=1S/C23H22ClFN2O3/c1-13-11-18-15(12-16(13)24)21(28)19-20(14-7-4-5-8-17(14)25)27(10-6-9-26(2)3)23(29)22(19)30-18/h4-5,7-8,11-12,20H,6,9-10H2,1-3H3/t20-/m0/s1. The maximum atomic E-state index is 14.7. The van der Waals surface area contributed by atoms with Gasteiger partial charge in [-0.15, -0.1) is 0 Å². The molecule has 1 atom stereocenters. The zero-order valence-electron chi connectivity index (χ0n) is 17.0. The highest BCUT2D eigenvalue weighted by atomic mass is 35.5. The van der Waals surface area contributed by atoms with Crippen molar-refractivity contribution in [2.24, 2.45) is 0 Å². The fourth-order valence-corrected chi connectivity index (χ4v) is 4.11. The van der Waals surface area contributed by atoms with Crippen molar-refractivity contribution in [3.63, 3.8) is 0 Å². The largest absolute Gasteiger partial charge is 0.450 e. The molecule has 1 aliphatic heterocycles. The Balaban J connectivity index is 1.93. The number of halogens is 2. The molecule has 0 bridgehead atoms. The van der Waals surface area contributed by atoms with Gasteiger partial charge in [-0.3, -0.25) is 9.59 Å². The van der Waals surface area contributed by atoms with Gasteiger partial charge in [-0.2, -0.15) is 0 Å². The first-order valence-corrected chi connectivity index (χ1v) is 10.1. The minimum Gasteiger partial charge on any atom is -0.450 e. The number of carbonyl (C=O) groups is 1. The summed E-state index contributed by atoms with van der Waals surface area (Å²) in [6.07, 6.45) is 0.677. The van der Waals surface area contributed by atoms with Crippen LogP contribution in [0, 0.1) is 12.7 Å². The fraction of sp³-hybridized carbons (Fsp3) is 0.304. The third-order valence-corrected chi connectivity index (χ3v) is 5.86. The van der Waals surface area contributed by atoms with Crippen LogP contribution in [0.4, 0.5) is 4.39 Å². The van der Waals surface area contributed by atoms with Crippen LogP contribution in [-0.4, -0.2) is 42.9 Å². The monoisotopic (exact) mass is 428 g/mol. The molecule has 0 radical (unpaired) electrons. The molecule has 2 heterocycles. The molecule has 0 fully saturated rings. The molecule has 0 saturated heterocycles. The molecule has 5 nitrogen and oxygen atoms in total. The smallest absolute Gasteiger partial charge is 0.290 e. The summed E-state index contributed by atoms with van der Waals surface area (Å²) in [5.41, 5.74) is 1.13. The summed E-state index contributed by atoms with van der Waals surface area (Å²) in [4.78, 5) is 30.2. The summed E-state index contributed by atoms with van der Waals surface area (Å²) >= 11 is 6.22. The van der Waals surface area contributed by atoms with Crippen LogP contribution >= 0.6 is 11.6 Å². The van der Waals surface area contributed by atoms with E-state index < -0.39 is 17.8 Å². The normalized spacial score (nSPS) is 16.0. The maximum Gasteiger partial charge on any atom is 0.290 e. The number of aryl methyl sites for hydroxylation is 1. The molecule has 1 aromatic heterocycles. The van der Waals surface area contributed by atoms with E-state index in [0.717, 1.165) is 12.1 Å². The first-order valence-electron chi connectivity index (χ1n) is 9.76. The summed E-state index contributed by atoms with van der Waals surface area (Å²) in [5.74, 6) is -0.891. The van der Waals surface area contributed by atoms with Crippen LogP contribution in [0.5, 0.6) is 0 Å². The van der Waals surface area contributed by atoms with Crippen LogP contribution in [0.1, 0.15) is 39.7 Å². The molecule has 0 aliphatic carbocycles. The molecule has 156 valence electrons. The van der Waals surface area contributed by atoms with E-state index in [-0.39, 0.29) is 27.7 Å². The van der Waals surface area contributed by atoms with E-state index in [1.54, 1.807) is 37.3 Å². The van der Waals surface area contributed by atoms with Gasteiger partial charge < -0.3 is 14.2 Å². The van der Waals surface area contributed by atoms with E-state index in [2.05, 4.69) is 0 Å². The second-order valence-corrected chi connectivity index (χ2v) is 8.26. The van der Waals surface area contributed by atoms with Crippen molar-refractivity contribution in [2.75, 3.05) is 27.2 Å². The Morgan fingerprint density at radius 2 is 1.93 bits per heavy atom. The number of rotatable bonds is 5. The van der Waals surface area contributed by atoms with Gasteiger partial charge in [-0.25, -0.2) is 4.39 Å². The van der Waals surface area contributed by atoms with E-state index in [9.17, 15) is 14.0 Å². The van der Waals surface area contributed by atoms with E-state index in [0.29, 0.717) is 23.6 Å². The molecule has 0 N–H and O–H groups in total. The van der Waals surface area contributed by atoms with Crippen molar-refractivity contribution in [1.82, 2.24) is 9.80 Å². The Hall–Kier alpha value is -2.70. The zero-order chi connectivity index (χ0) is 21.6. The Bertz CT molecular complexity index is 1210. The number of hydrogen-bond acceptors (Lipinski definition) is 4. The molecule has 0 saturated carbocycles. The number of amides is 1. The average Bonchev–Trinajstić information content (AvgIpc) is 2.96. The lowest BCUT2D eigenvalue weighted by Gasteiger charge is -2.26. The van der Waals surface area contributed by atoms with E-state index in [1.165, 1.54) is 11.0 Å². The minimum absolute atomic E-state index is 0.0210. The number of carbonyl (C=O) groups excluding carboxylic acids is 1. The van der Waals surface area contributed by atoms with Gasteiger partial charge in [0.1, 0.15) is 11.4 Å². The van der Waals surface area contributed by atoms with E-state index in [1.807, 2.05) is 19.0 Å². The van der Waals surface area contributed by atoms with Gasteiger partial charge in [-0.1, -0.05) is 29.8 Å². The summed E-state index contributed by atoms with van der Waals surface area (Å²) in [5, 5.41) is 0.720. The molecule has 30 heavy (non-hydrogen) atoms. The number of hydrogen-bond donors (Lipinski definition) is 0. The molecule has 4 rings (SSSR count). The predicted octanol–water partition coefficient (Wildman–Crippen LogP) is 4.39. The summed E-state index contributed by atoms with van der Waals surface area (Å²) < 4.78 is 20.6. The molecule has 3 aromatic rings. The van der Waals surface area contributed by atoms with Crippen LogP contribution in [0.25, 0.3) is 11.0 Å². The van der Waals surface area contributed by atoms with Crippen molar-refractivity contribution < 1.29 is 13.6 Å². The van der Waals surface area contributed by atoms with Gasteiger partial charge >= 0.3 is 0 Å². The van der Waals surface area contributed by atoms with Gasteiger partial charge in [0.25, 0.3) is 5.91 Å². The lowest BCUT2D eigenvalue weighted by Crippen LogP contribution is -2.32. The van der Waals surface area contributed by atoms with Gasteiger partial charge in [0.2, 0.25) is 5.76 Å². The van der Waals surface area contributed by atoms with E-state index >= 15 is 0 Å². The van der Waals surface area contributed by atoms with Gasteiger partial charge in [0, 0.05) is 17.1 Å². The van der Waals surface area contributed by atoms with Gasteiger partial charge in [0.05, 0.1) is 17.0 Å². The third-order valence-electron chi connectivity index (χ3n) is 5.45. The van der Waals surface area contributed by atoms with Crippen molar-refractivity contribution in [1.29, 1.82) is 0 Å². The molecule has 0 spiro atoms. The fourth-order valence-electron chi connectivity index (χ4n) is 3.95. The van der Waals surface area contributed by atoms with Crippen molar-refractivity contribution >= 4 is 28.5 Å². The van der Waals surface area contributed by atoms with Crippen LogP contribution in [-0.2, 0) is 0 Å². The van der Waals surface area contributed by atoms with Crippen LogP contribution in [0.3, 0.4) is 0 Å². The Labute approximate surface area is 178 Å². The molecular weight excluding hydrogens is 407 g/mol. The molecule has 7 heteroatoms. The predicted molar refractivity (Wildman–Crippen MR) is 115 cm³/mol. The highest BCUT2D eigenvalue weighted by Crippen LogP contribution is 2.39. The minimum atomic E-state index is -0.836. The molecule has 1 amide bonds. The quantitative estimate of drug-likeness (QED) is 0.604. The Morgan fingerprint density at radius 3 is 2.63 bits per heavy atom.